The maximum Gasteiger partial charge on any atom is 0.257 e. The smallest absolute Gasteiger partial charge is 0.257 e. The summed E-state index contributed by atoms with van der Waals surface area (Å²) in [6.07, 6.45) is 2.82. The van der Waals surface area contributed by atoms with Gasteiger partial charge < -0.3 is 20.4 Å². The van der Waals surface area contributed by atoms with Gasteiger partial charge in [0, 0.05) is 19.7 Å². The van der Waals surface area contributed by atoms with Crippen molar-refractivity contribution >= 4 is 33.9 Å². The number of rotatable bonds is 6. The van der Waals surface area contributed by atoms with E-state index < -0.39 is 0 Å². The molecule has 3 N–H and O–H groups in total. The van der Waals surface area contributed by atoms with Crippen LogP contribution >= 0.6 is 0 Å². The number of nitrogens with zero attached hydrogens (tertiary/aromatic N) is 3. The molecule has 1 atom stereocenters. The number of benzene rings is 2. The molecule has 0 unspecified atom stereocenters. The molecule has 0 spiro atoms. The first kappa shape index (κ1) is 19.5. The van der Waals surface area contributed by atoms with Gasteiger partial charge >= 0.3 is 0 Å². The number of carbonyl (C=O) groups is 1. The number of aromatic nitrogens is 3. The first-order valence-corrected chi connectivity index (χ1v) is 10.7. The van der Waals surface area contributed by atoms with Gasteiger partial charge in [-0.15, -0.1) is 0 Å². The molecule has 31 heavy (non-hydrogen) atoms. The summed E-state index contributed by atoms with van der Waals surface area (Å²) in [6, 6.07) is 17.9. The van der Waals surface area contributed by atoms with Crippen LogP contribution in [0.15, 0.2) is 54.6 Å². The number of carbonyl (C=O) groups excluding carboxylic acids is 1. The predicted molar refractivity (Wildman–Crippen MR) is 121 cm³/mol. The largest absolute Gasteiger partial charge is 0.384 e. The molecule has 0 bridgehead atoms. The third-order valence-electron chi connectivity index (χ3n) is 5.80. The van der Waals surface area contributed by atoms with E-state index in [1.54, 1.807) is 0 Å². The Balaban J connectivity index is 1.53. The minimum absolute atomic E-state index is 0.0588. The number of hydrogen-bond donors (Lipinski definition) is 2. The summed E-state index contributed by atoms with van der Waals surface area (Å²) in [6.45, 7) is 1.83. The highest BCUT2D eigenvalue weighted by atomic mass is 16.5. The summed E-state index contributed by atoms with van der Waals surface area (Å²) in [5.41, 5.74) is 10.8. The van der Waals surface area contributed by atoms with Crippen molar-refractivity contribution in [3.8, 4) is 0 Å². The fraction of sp³-hybridized carbons (Fsp3) is 0.292. The van der Waals surface area contributed by atoms with Crippen molar-refractivity contribution in [2.45, 2.75) is 31.9 Å². The Labute approximate surface area is 180 Å². The molecule has 1 aliphatic rings. The number of anilines is 1. The number of nitrogens with two attached hydrogens (primary N) is 1. The van der Waals surface area contributed by atoms with Crippen LogP contribution < -0.4 is 11.1 Å². The van der Waals surface area contributed by atoms with Crippen molar-refractivity contribution in [2.75, 3.05) is 18.9 Å². The second-order valence-corrected chi connectivity index (χ2v) is 7.88. The van der Waals surface area contributed by atoms with Crippen LogP contribution in [0.3, 0.4) is 0 Å². The predicted octanol–water partition coefficient (Wildman–Crippen LogP) is 3.32. The Morgan fingerprint density at radius 2 is 1.84 bits per heavy atom. The molecule has 4 aromatic rings. The molecule has 3 heterocycles. The number of hydrogen-bond acceptors (Lipinski definition) is 5. The lowest BCUT2D eigenvalue weighted by atomic mass is 10.1. The van der Waals surface area contributed by atoms with Gasteiger partial charge in [0.15, 0.2) is 5.65 Å². The van der Waals surface area contributed by atoms with Crippen LogP contribution in [0, 0.1) is 0 Å². The molecule has 1 saturated heterocycles. The molecular weight excluding hydrogens is 390 g/mol. The van der Waals surface area contributed by atoms with Crippen molar-refractivity contribution in [3.05, 3.63) is 65.7 Å². The zero-order valence-electron chi connectivity index (χ0n) is 17.3. The molecule has 7 nitrogen and oxygen atoms in total. The van der Waals surface area contributed by atoms with Crippen molar-refractivity contribution in [2.24, 2.45) is 0 Å². The van der Waals surface area contributed by atoms with Crippen LogP contribution in [-0.2, 0) is 17.7 Å². The van der Waals surface area contributed by atoms with Gasteiger partial charge in [0.25, 0.3) is 5.91 Å². The molecule has 2 aromatic carbocycles. The van der Waals surface area contributed by atoms with Gasteiger partial charge in [-0.3, -0.25) is 4.79 Å². The molecule has 7 heteroatoms. The number of nitrogen functional groups attached to an aromatic ring is 1. The highest BCUT2D eigenvalue weighted by molar-refractivity contribution is 6.10. The van der Waals surface area contributed by atoms with Gasteiger partial charge in [-0.05, 0) is 37.0 Å². The molecule has 2 aromatic heterocycles. The summed E-state index contributed by atoms with van der Waals surface area (Å²) in [7, 11) is 0. The Bertz CT molecular complexity index is 1230. The normalized spacial score (nSPS) is 16.2. The van der Waals surface area contributed by atoms with Crippen molar-refractivity contribution in [3.63, 3.8) is 0 Å². The molecule has 158 valence electrons. The minimum Gasteiger partial charge on any atom is -0.384 e. The van der Waals surface area contributed by atoms with Gasteiger partial charge in [0.1, 0.15) is 16.9 Å². The molecule has 5 rings (SSSR count). The van der Waals surface area contributed by atoms with Gasteiger partial charge in [-0.2, -0.15) is 0 Å². The topological polar surface area (TPSA) is 95.1 Å². The van der Waals surface area contributed by atoms with E-state index in [1.165, 1.54) is 5.56 Å². The third-order valence-corrected chi connectivity index (χ3v) is 5.80. The van der Waals surface area contributed by atoms with Gasteiger partial charge in [-0.1, -0.05) is 42.5 Å². The lowest BCUT2D eigenvalue weighted by Gasteiger charge is -2.11. The number of aryl methyl sites for hydroxylation is 2. The van der Waals surface area contributed by atoms with E-state index >= 15 is 0 Å². The van der Waals surface area contributed by atoms with Crippen LogP contribution in [0.2, 0.25) is 0 Å². The first-order chi connectivity index (χ1) is 15.2. The maximum absolute atomic E-state index is 13.1. The van der Waals surface area contributed by atoms with E-state index in [0.29, 0.717) is 35.6 Å². The van der Waals surface area contributed by atoms with E-state index in [9.17, 15) is 4.79 Å². The number of fused-ring (bicyclic) bond motifs is 2. The summed E-state index contributed by atoms with van der Waals surface area (Å²) in [5, 5.41) is 2.98. The fourth-order valence-electron chi connectivity index (χ4n) is 4.15. The van der Waals surface area contributed by atoms with E-state index in [-0.39, 0.29) is 12.0 Å². The van der Waals surface area contributed by atoms with Gasteiger partial charge in [0.2, 0.25) is 0 Å². The zero-order chi connectivity index (χ0) is 21.2. The standard InChI is InChI=1S/C24H25N5O2/c25-22-20(24(30)26-15-17-9-6-14-31-17)21-23(28-19-11-5-4-10-18(19)27-21)29(22)13-12-16-7-2-1-3-8-16/h1-5,7-8,10-11,17H,6,9,12-15,25H2,(H,26,30)/t17-/m1/s1. The van der Waals surface area contributed by atoms with Crippen molar-refractivity contribution in [1.29, 1.82) is 0 Å². The Hall–Kier alpha value is -3.45. The molecule has 0 saturated carbocycles. The lowest BCUT2D eigenvalue weighted by molar-refractivity contribution is 0.0859. The minimum atomic E-state index is -0.235. The number of para-hydroxylation sites is 2. The highest BCUT2D eigenvalue weighted by Gasteiger charge is 2.25. The summed E-state index contributed by atoms with van der Waals surface area (Å²) >= 11 is 0. The van der Waals surface area contributed by atoms with Crippen molar-refractivity contribution < 1.29 is 9.53 Å². The van der Waals surface area contributed by atoms with E-state index in [0.717, 1.165) is 36.9 Å². The monoisotopic (exact) mass is 415 g/mol. The Kier molecular flexibility index (Phi) is 5.26. The fourth-order valence-corrected chi connectivity index (χ4v) is 4.15. The first-order valence-electron chi connectivity index (χ1n) is 10.7. The van der Waals surface area contributed by atoms with E-state index in [4.69, 9.17) is 20.4 Å². The number of nitrogens with one attached hydrogen (secondary N) is 1. The van der Waals surface area contributed by atoms with Crippen LogP contribution in [0.5, 0.6) is 0 Å². The average molecular weight is 415 g/mol. The quantitative estimate of drug-likeness (QED) is 0.504. The van der Waals surface area contributed by atoms with Crippen molar-refractivity contribution in [1.82, 2.24) is 19.9 Å². The van der Waals surface area contributed by atoms with Crippen LogP contribution in [0.25, 0.3) is 22.2 Å². The summed E-state index contributed by atoms with van der Waals surface area (Å²) in [4.78, 5) is 22.7. The number of ether oxygens (including phenoxy) is 1. The summed E-state index contributed by atoms with van der Waals surface area (Å²) < 4.78 is 7.53. The van der Waals surface area contributed by atoms with Gasteiger partial charge in [0.05, 0.1) is 17.1 Å². The van der Waals surface area contributed by atoms with E-state index in [2.05, 4.69) is 17.4 Å². The molecular formula is C24H25N5O2. The molecule has 1 aliphatic heterocycles. The molecule has 1 amide bonds. The molecule has 1 fully saturated rings. The second-order valence-electron chi connectivity index (χ2n) is 7.88. The highest BCUT2D eigenvalue weighted by Crippen LogP contribution is 2.28. The van der Waals surface area contributed by atoms with Gasteiger partial charge in [-0.25, -0.2) is 9.97 Å². The molecule has 0 aliphatic carbocycles. The third kappa shape index (κ3) is 3.84. The average Bonchev–Trinajstić information content (AvgIpc) is 3.41. The van der Waals surface area contributed by atoms with E-state index in [1.807, 2.05) is 47.0 Å². The maximum atomic E-state index is 13.1. The number of amides is 1. The summed E-state index contributed by atoms with van der Waals surface area (Å²) in [5.74, 6) is 0.159. The Morgan fingerprint density at radius 1 is 1.10 bits per heavy atom. The second kappa shape index (κ2) is 8.35. The van der Waals surface area contributed by atoms with Crippen LogP contribution in [0.1, 0.15) is 28.8 Å². The lowest BCUT2D eigenvalue weighted by Crippen LogP contribution is -2.32. The SMILES string of the molecule is Nc1c(C(=O)NC[C@H]2CCCO2)c2nc3ccccc3nc2n1CCc1ccccc1. The Morgan fingerprint density at radius 3 is 2.58 bits per heavy atom. The molecule has 0 radical (unpaired) electrons. The van der Waals surface area contributed by atoms with Crippen LogP contribution in [-0.4, -0.2) is 39.7 Å². The zero-order valence-corrected chi connectivity index (χ0v) is 17.3. The van der Waals surface area contributed by atoms with Crippen LogP contribution in [0.4, 0.5) is 5.82 Å².